The van der Waals surface area contributed by atoms with E-state index in [0.29, 0.717) is 24.0 Å². The third-order valence-electron chi connectivity index (χ3n) is 3.50. The fourth-order valence-corrected chi connectivity index (χ4v) is 2.62. The van der Waals surface area contributed by atoms with Crippen molar-refractivity contribution in [3.05, 3.63) is 34.9 Å². The van der Waals surface area contributed by atoms with E-state index in [1.165, 1.54) is 6.07 Å². The fraction of sp³-hybridized carbons (Fsp3) is 0.462. The van der Waals surface area contributed by atoms with E-state index in [4.69, 9.17) is 0 Å². The van der Waals surface area contributed by atoms with Crippen LogP contribution in [0.5, 0.6) is 0 Å². The summed E-state index contributed by atoms with van der Waals surface area (Å²) in [6.45, 7) is 1.59. The number of carbonyl (C=O) groups excluding carboxylic acids is 1. The van der Waals surface area contributed by atoms with Crippen LogP contribution in [0.3, 0.4) is 0 Å². The Kier molecular flexibility index (Phi) is 3.07. The Labute approximate surface area is 98.4 Å². The molecule has 2 rings (SSSR count). The van der Waals surface area contributed by atoms with E-state index in [1.807, 2.05) is 0 Å². The Hall–Kier alpha value is -1.54. The molecular weight excluding hydrogens is 224 g/mol. The number of rotatable bonds is 2. The predicted molar refractivity (Wildman–Crippen MR) is 59.4 cm³/mol. The standard InChI is InChI=1S/C13H13F2NO/c1-9-11(6-10(14)7-12(9)15)13(16-8-17)4-2-3-5-13/h6-7H,2-5H2,1H3. The first-order valence-electron chi connectivity index (χ1n) is 5.64. The van der Waals surface area contributed by atoms with E-state index in [-0.39, 0.29) is 0 Å². The van der Waals surface area contributed by atoms with Gasteiger partial charge in [-0.2, -0.15) is 4.99 Å². The molecule has 0 heterocycles. The zero-order chi connectivity index (χ0) is 12.5. The van der Waals surface area contributed by atoms with Crippen molar-refractivity contribution in [3.63, 3.8) is 0 Å². The summed E-state index contributed by atoms with van der Waals surface area (Å²) in [6, 6.07) is 2.14. The van der Waals surface area contributed by atoms with Gasteiger partial charge in [0.25, 0.3) is 0 Å². The Morgan fingerprint density at radius 3 is 2.53 bits per heavy atom. The molecule has 0 aliphatic heterocycles. The largest absolute Gasteiger partial charge is 0.235 e. The highest BCUT2D eigenvalue weighted by Crippen LogP contribution is 2.43. The molecule has 0 spiro atoms. The maximum Gasteiger partial charge on any atom is 0.235 e. The third kappa shape index (κ3) is 2.01. The fourth-order valence-electron chi connectivity index (χ4n) is 2.62. The van der Waals surface area contributed by atoms with Gasteiger partial charge in [0.2, 0.25) is 6.08 Å². The van der Waals surface area contributed by atoms with Gasteiger partial charge in [0.05, 0.1) is 5.54 Å². The average molecular weight is 237 g/mol. The molecule has 1 aliphatic rings. The smallest absolute Gasteiger partial charge is 0.211 e. The summed E-state index contributed by atoms with van der Waals surface area (Å²) >= 11 is 0. The summed E-state index contributed by atoms with van der Waals surface area (Å²) in [7, 11) is 0. The number of benzene rings is 1. The Balaban J connectivity index is 2.61. The molecule has 0 N–H and O–H groups in total. The second kappa shape index (κ2) is 4.38. The number of isocyanates is 1. The van der Waals surface area contributed by atoms with Crippen LogP contribution in [-0.4, -0.2) is 6.08 Å². The van der Waals surface area contributed by atoms with Crippen LogP contribution in [0.15, 0.2) is 17.1 Å². The van der Waals surface area contributed by atoms with Crippen molar-refractivity contribution in [1.29, 1.82) is 0 Å². The van der Waals surface area contributed by atoms with E-state index in [0.717, 1.165) is 18.9 Å². The third-order valence-corrected chi connectivity index (χ3v) is 3.50. The second-order valence-electron chi connectivity index (χ2n) is 4.50. The van der Waals surface area contributed by atoms with Crippen molar-refractivity contribution < 1.29 is 13.6 Å². The lowest BCUT2D eigenvalue weighted by Gasteiger charge is -2.25. The lowest BCUT2D eigenvalue weighted by Crippen LogP contribution is -2.21. The maximum atomic E-state index is 13.5. The molecule has 1 saturated carbocycles. The van der Waals surface area contributed by atoms with E-state index < -0.39 is 17.2 Å². The van der Waals surface area contributed by atoms with E-state index in [1.54, 1.807) is 13.0 Å². The van der Waals surface area contributed by atoms with Crippen LogP contribution in [-0.2, 0) is 10.3 Å². The topological polar surface area (TPSA) is 29.4 Å². The van der Waals surface area contributed by atoms with Crippen LogP contribution in [0.25, 0.3) is 0 Å². The molecular formula is C13H13F2NO. The molecule has 2 nitrogen and oxygen atoms in total. The van der Waals surface area contributed by atoms with Crippen LogP contribution in [0.4, 0.5) is 8.78 Å². The van der Waals surface area contributed by atoms with Crippen molar-refractivity contribution in [1.82, 2.24) is 0 Å². The molecule has 0 amide bonds. The minimum Gasteiger partial charge on any atom is -0.211 e. The first kappa shape index (κ1) is 11.9. The average Bonchev–Trinajstić information content (AvgIpc) is 2.73. The van der Waals surface area contributed by atoms with E-state index >= 15 is 0 Å². The molecule has 0 aromatic heterocycles. The molecule has 0 bridgehead atoms. The van der Waals surface area contributed by atoms with E-state index in [2.05, 4.69) is 4.99 Å². The zero-order valence-corrected chi connectivity index (χ0v) is 9.59. The lowest BCUT2D eigenvalue weighted by atomic mass is 9.85. The van der Waals surface area contributed by atoms with Gasteiger partial charge in [-0.05, 0) is 37.0 Å². The van der Waals surface area contributed by atoms with Crippen LogP contribution < -0.4 is 0 Å². The minimum atomic E-state index is -0.769. The summed E-state index contributed by atoms with van der Waals surface area (Å²) in [4.78, 5) is 14.4. The van der Waals surface area contributed by atoms with E-state index in [9.17, 15) is 13.6 Å². The maximum absolute atomic E-state index is 13.5. The quantitative estimate of drug-likeness (QED) is 0.572. The van der Waals surface area contributed by atoms with Crippen molar-refractivity contribution in [2.24, 2.45) is 4.99 Å². The molecule has 1 fully saturated rings. The van der Waals surface area contributed by atoms with Gasteiger partial charge in [-0.1, -0.05) is 12.8 Å². The monoisotopic (exact) mass is 237 g/mol. The second-order valence-corrected chi connectivity index (χ2v) is 4.50. The van der Waals surface area contributed by atoms with Gasteiger partial charge >= 0.3 is 0 Å². The molecule has 1 aliphatic carbocycles. The SMILES string of the molecule is Cc1c(F)cc(F)cc1C1(N=C=O)CCCC1. The van der Waals surface area contributed by atoms with Gasteiger partial charge < -0.3 is 0 Å². The van der Waals surface area contributed by atoms with Crippen LogP contribution >= 0.6 is 0 Å². The number of nitrogens with zero attached hydrogens (tertiary/aromatic N) is 1. The van der Waals surface area contributed by atoms with Gasteiger partial charge in [-0.15, -0.1) is 0 Å². The molecule has 17 heavy (non-hydrogen) atoms. The summed E-state index contributed by atoms with van der Waals surface area (Å²) < 4.78 is 26.8. The first-order valence-corrected chi connectivity index (χ1v) is 5.64. The summed E-state index contributed by atoms with van der Waals surface area (Å²) in [5.74, 6) is -1.22. The molecule has 1 aromatic carbocycles. The number of aliphatic imine (C=N–C) groups is 1. The Bertz CT molecular complexity index is 486. The van der Waals surface area contributed by atoms with Crippen molar-refractivity contribution >= 4 is 6.08 Å². The zero-order valence-electron chi connectivity index (χ0n) is 9.59. The molecule has 0 atom stereocenters. The normalized spacial score (nSPS) is 17.8. The van der Waals surface area contributed by atoms with Gasteiger partial charge in [0.1, 0.15) is 11.6 Å². The number of halogens is 2. The number of hydrogen-bond acceptors (Lipinski definition) is 2. The van der Waals surface area contributed by atoms with Gasteiger partial charge in [-0.3, -0.25) is 0 Å². The molecule has 90 valence electrons. The summed E-state index contributed by atoms with van der Waals surface area (Å²) in [6.07, 6.45) is 4.65. The summed E-state index contributed by atoms with van der Waals surface area (Å²) in [5.41, 5.74) is 0.0811. The molecule has 0 unspecified atom stereocenters. The van der Waals surface area contributed by atoms with Crippen molar-refractivity contribution in [2.75, 3.05) is 0 Å². The van der Waals surface area contributed by atoms with Crippen molar-refractivity contribution in [3.8, 4) is 0 Å². The highest BCUT2D eigenvalue weighted by Gasteiger charge is 2.37. The predicted octanol–water partition coefficient (Wildman–Crippen LogP) is 3.38. The molecule has 4 heteroatoms. The van der Waals surface area contributed by atoms with Crippen LogP contribution in [0.2, 0.25) is 0 Å². The highest BCUT2D eigenvalue weighted by molar-refractivity contribution is 5.42. The molecule has 1 aromatic rings. The van der Waals surface area contributed by atoms with Crippen molar-refractivity contribution in [2.45, 2.75) is 38.1 Å². The first-order chi connectivity index (χ1) is 8.09. The Morgan fingerprint density at radius 1 is 1.29 bits per heavy atom. The van der Waals surface area contributed by atoms with Crippen LogP contribution in [0, 0.1) is 18.6 Å². The van der Waals surface area contributed by atoms with Crippen LogP contribution in [0.1, 0.15) is 36.8 Å². The summed E-state index contributed by atoms with van der Waals surface area (Å²) in [5, 5.41) is 0. The lowest BCUT2D eigenvalue weighted by molar-refractivity contribution is 0.444. The molecule has 0 saturated heterocycles. The van der Waals surface area contributed by atoms with Gasteiger partial charge in [0.15, 0.2) is 0 Å². The molecule has 0 radical (unpaired) electrons. The van der Waals surface area contributed by atoms with Gasteiger partial charge in [-0.25, -0.2) is 13.6 Å². The minimum absolute atomic E-state index is 0.368. The Morgan fingerprint density at radius 2 is 1.94 bits per heavy atom. The van der Waals surface area contributed by atoms with Gasteiger partial charge in [0, 0.05) is 6.07 Å². The number of hydrogen-bond donors (Lipinski definition) is 0. The highest BCUT2D eigenvalue weighted by atomic mass is 19.1.